The minimum atomic E-state index is 0. The highest BCUT2D eigenvalue weighted by atomic mass is 35.5. The summed E-state index contributed by atoms with van der Waals surface area (Å²) in [4.78, 5) is 0. The SMILES string of the molecule is Cc1ccc(N)cc1OC1CCOC1.Cl. The average molecular weight is 230 g/mol. The molecule has 0 bridgehead atoms. The number of ether oxygens (including phenoxy) is 2. The molecule has 4 heteroatoms. The van der Waals surface area contributed by atoms with E-state index >= 15 is 0 Å². The van der Waals surface area contributed by atoms with Gasteiger partial charge in [-0.05, 0) is 18.6 Å². The largest absolute Gasteiger partial charge is 0.488 e. The van der Waals surface area contributed by atoms with E-state index in [1.807, 2.05) is 25.1 Å². The van der Waals surface area contributed by atoms with Gasteiger partial charge in [0.15, 0.2) is 0 Å². The van der Waals surface area contributed by atoms with Crippen LogP contribution in [0.5, 0.6) is 5.75 Å². The zero-order chi connectivity index (χ0) is 9.97. The fourth-order valence-electron chi connectivity index (χ4n) is 1.53. The van der Waals surface area contributed by atoms with Crippen LogP contribution in [0.15, 0.2) is 18.2 Å². The zero-order valence-electron chi connectivity index (χ0n) is 8.73. The molecule has 1 aliphatic rings. The second kappa shape index (κ2) is 5.24. The first-order chi connectivity index (χ1) is 6.75. The van der Waals surface area contributed by atoms with Crippen LogP contribution in [0, 0.1) is 6.92 Å². The highest BCUT2D eigenvalue weighted by molar-refractivity contribution is 5.85. The molecule has 1 aromatic carbocycles. The lowest BCUT2D eigenvalue weighted by Gasteiger charge is -2.14. The lowest BCUT2D eigenvalue weighted by atomic mass is 10.2. The molecule has 0 amide bonds. The molecule has 2 rings (SSSR count). The minimum absolute atomic E-state index is 0. The van der Waals surface area contributed by atoms with Gasteiger partial charge in [0, 0.05) is 18.2 Å². The molecule has 0 saturated carbocycles. The Morgan fingerprint density at radius 1 is 1.47 bits per heavy atom. The highest BCUT2D eigenvalue weighted by Crippen LogP contribution is 2.23. The second-order valence-corrected chi connectivity index (χ2v) is 3.63. The average Bonchev–Trinajstić information content (AvgIpc) is 2.64. The van der Waals surface area contributed by atoms with Gasteiger partial charge in [-0.25, -0.2) is 0 Å². The molecule has 84 valence electrons. The Morgan fingerprint density at radius 3 is 2.93 bits per heavy atom. The van der Waals surface area contributed by atoms with Crippen LogP contribution in [0.2, 0.25) is 0 Å². The minimum Gasteiger partial charge on any atom is -0.488 e. The van der Waals surface area contributed by atoms with E-state index in [1.165, 1.54) is 0 Å². The van der Waals surface area contributed by atoms with Crippen molar-refractivity contribution in [3.05, 3.63) is 23.8 Å². The van der Waals surface area contributed by atoms with Crippen molar-refractivity contribution in [2.45, 2.75) is 19.4 Å². The lowest BCUT2D eigenvalue weighted by Crippen LogP contribution is -2.16. The molecule has 1 aliphatic heterocycles. The Bertz CT molecular complexity index is 324. The first kappa shape index (κ1) is 12.1. The van der Waals surface area contributed by atoms with Gasteiger partial charge in [0.25, 0.3) is 0 Å². The number of anilines is 1. The standard InChI is InChI=1S/C11H15NO2.ClH/c1-8-2-3-9(12)6-11(8)14-10-4-5-13-7-10;/h2-3,6,10H,4-5,7,12H2,1H3;1H. The second-order valence-electron chi connectivity index (χ2n) is 3.63. The van der Waals surface area contributed by atoms with Gasteiger partial charge in [0.2, 0.25) is 0 Å². The van der Waals surface area contributed by atoms with Gasteiger partial charge in [0.1, 0.15) is 11.9 Å². The third kappa shape index (κ3) is 3.01. The van der Waals surface area contributed by atoms with Gasteiger partial charge in [0.05, 0.1) is 13.2 Å². The molecule has 0 radical (unpaired) electrons. The van der Waals surface area contributed by atoms with E-state index < -0.39 is 0 Å². The van der Waals surface area contributed by atoms with Crippen LogP contribution in [-0.4, -0.2) is 19.3 Å². The van der Waals surface area contributed by atoms with Crippen LogP contribution in [0.4, 0.5) is 5.69 Å². The number of rotatable bonds is 2. The monoisotopic (exact) mass is 229 g/mol. The van der Waals surface area contributed by atoms with E-state index in [0.717, 1.165) is 30.0 Å². The van der Waals surface area contributed by atoms with Crippen molar-refractivity contribution in [2.24, 2.45) is 0 Å². The lowest BCUT2D eigenvalue weighted by molar-refractivity contribution is 0.141. The molecule has 1 aromatic rings. The first-order valence-corrected chi connectivity index (χ1v) is 4.86. The molecule has 15 heavy (non-hydrogen) atoms. The van der Waals surface area contributed by atoms with Crippen LogP contribution in [-0.2, 0) is 4.74 Å². The number of aryl methyl sites for hydroxylation is 1. The van der Waals surface area contributed by atoms with Crippen molar-refractivity contribution in [3.63, 3.8) is 0 Å². The Morgan fingerprint density at radius 2 is 2.27 bits per heavy atom. The highest BCUT2D eigenvalue weighted by Gasteiger charge is 2.17. The van der Waals surface area contributed by atoms with Crippen LogP contribution in [0.25, 0.3) is 0 Å². The van der Waals surface area contributed by atoms with Crippen molar-refractivity contribution in [3.8, 4) is 5.75 Å². The van der Waals surface area contributed by atoms with Crippen molar-refractivity contribution in [1.29, 1.82) is 0 Å². The number of hydrogen-bond donors (Lipinski definition) is 1. The smallest absolute Gasteiger partial charge is 0.124 e. The molecule has 1 fully saturated rings. The predicted octanol–water partition coefficient (Wildman–Crippen LogP) is 2.17. The van der Waals surface area contributed by atoms with Gasteiger partial charge >= 0.3 is 0 Å². The fraction of sp³-hybridized carbons (Fsp3) is 0.455. The van der Waals surface area contributed by atoms with Crippen LogP contribution >= 0.6 is 12.4 Å². The molecule has 1 unspecified atom stereocenters. The fourth-order valence-corrected chi connectivity index (χ4v) is 1.53. The van der Waals surface area contributed by atoms with E-state index in [0.29, 0.717) is 6.61 Å². The maximum atomic E-state index is 5.78. The summed E-state index contributed by atoms with van der Waals surface area (Å²) in [6.07, 6.45) is 1.16. The van der Waals surface area contributed by atoms with E-state index in [-0.39, 0.29) is 18.5 Å². The van der Waals surface area contributed by atoms with Crippen LogP contribution in [0.1, 0.15) is 12.0 Å². The molecule has 1 saturated heterocycles. The maximum absolute atomic E-state index is 5.78. The van der Waals surface area contributed by atoms with Gasteiger partial charge in [-0.2, -0.15) is 0 Å². The molecule has 3 nitrogen and oxygen atoms in total. The summed E-state index contributed by atoms with van der Waals surface area (Å²) < 4.78 is 11.0. The first-order valence-electron chi connectivity index (χ1n) is 4.86. The summed E-state index contributed by atoms with van der Waals surface area (Å²) in [5, 5.41) is 0. The van der Waals surface area contributed by atoms with Crippen molar-refractivity contribution in [1.82, 2.24) is 0 Å². The summed E-state index contributed by atoms with van der Waals surface area (Å²) in [7, 11) is 0. The molecular formula is C11H16ClNO2. The van der Waals surface area contributed by atoms with Crippen LogP contribution in [0.3, 0.4) is 0 Å². The molecule has 1 heterocycles. The molecule has 0 aromatic heterocycles. The van der Waals surface area contributed by atoms with E-state index in [9.17, 15) is 0 Å². The third-order valence-corrected chi connectivity index (χ3v) is 2.39. The van der Waals surface area contributed by atoms with E-state index in [1.54, 1.807) is 0 Å². The number of hydrogen-bond acceptors (Lipinski definition) is 3. The van der Waals surface area contributed by atoms with Gasteiger partial charge in [-0.3, -0.25) is 0 Å². The molecule has 1 atom stereocenters. The van der Waals surface area contributed by atoms with Crippen LogP contribution < -0.4 is 10.5 Å². The molecule has 0 aliphatic carbocycles. The summed E-state index contributed by atoms with van der Waals surface area (Å²) in [5.41, 5.74) is 7.55. The third-order valence-electron chi connectivity index (χ3n) is 2.39. The zero-order valence-corrected chi connectivity index (χ0v) is 9.55. The summed E-state index contributed by atoms with van der Waals surface area (Å²) in [5.74, 6) is 0.875. The van der Waals surface area contributed by atoms with Gasteiger partial charge in [-0.15, -0.1) is 12.4 Å². The summed E-state index contributed by atoms with van der Waals surface area (Å²) in [6.45, 7) is 3.50. The number of benzene rings is 1. The Labute approximate surface area is 96.0 Å². The number of nitrogens with two attached hydrogens (primary N) is 1. The van der Waals surface area contributed by atoms with Crippen molar-refractivity contribution in [2.75, 3.05) is 18.9 Å². The summed E-state index contributed by atoms with van der Waals surface area (Å²) >= 11 is 0. The number of halogens is 1. The van der Waals surface area contributed by atoms with Crippen molar-refractivity contribution >= 4 is 18.1 Å². The van der Waals surface area contributed by atoms with E-state index in [4.69, 9.17) is 15.2 Å². The maximum Gasteiger partial charge on any atom is 0.124 e. The molecular weight excluding hydrogens is 214 g/mol. The van der Waals surface area contributed by atoms with Gasteiger partial charge < -0.3 is 15.2 Å². The summed E-state index contributed by atoms with van der Waals surface area (Å²) in [6, 6.07) is 5.72. The normalized spacial score (nSPS) is 19.7. The number of nitrogen functional groups attached to an aromatic ring is 1. The van der Waals surface area contributed by atoms with Gasteiger partial charge in [-0.1, -0.05) is 6.07 Å². The Hall–Kier alpha value is -0.930. The topological polar surface area (TPSA) is 44.5 Å². The molecule has 0 spiro atoms. The Balaban J connectivity index is 0.00000112. The molecule has 2 N–H and O–H groups in total. The van der Waals surface area contributed by atoms with E-state index in [2.05, 4.69) is 0 Å². The quantitative estimate of drug-likeness (QED) is 0.791. The Kier molecular flexibility index (Phi) is 4.24. The predicted molar refractivity (Wildman–Crippen MR) is 62.7 cm³/mol. The van der Waals surface area contributed by atoms with Crippen molar-refractivity contribution < 1.29 is 9.47 Å².